The van der Waals surface area contributed by atoms with Crippen molar-refractivity contribution in [3.8, 4) is 5.75 Å². The Kier molecular flexibility index (Phi) is 7.14. The predicted octanol–water partition coefficient (Wildman–Crippen LogP) is 10.2. The minimum atomic E-state index is -2.99. The zero-order valence-corrected chi connectivity index (χ0v) is 25.8. The van der Waals surface area contributed by atoms with Crippen LogP contribution in [0, 0.1) is 33.6 Å². The maximum absolute atomic E-state index is 16.3. The third-order valence-electron chi connectivity index (χ3n) is 10.2. The molecule has 2 heterocycles. The second-order valence-electron chi connectivity index (χ2n) is 12.5. The lowest BCUT2D eigenvalue weighted by molar-refractivity contribution is 0.120. The van der Waals surface area contributed by atoms with Crippen molar-refractivity contribution >= 4 is 17.1 Å². The van der Waals surface area contributed by atoms with Gasteiger partial charge in [0, 0.05) is 17.1 Å². The van der Waals surface area contributed by atoms with E-state index < -0.39 is 76.6 Å². The highest BCUT2D eigenvalue weighted by molar-refractivity contribution is 6.05. The minimum Gasteiger partial charge on any atom is -0.453 e. The van der Waals surface area contributed by atoms with E-state index in [4.69, 9.17) is 4.74 Å². The van der Waals surface area contributed by atoms with Gasteiger partial charge < -0.3 is 9.64 Å². The zero-order chi connectivity index (χ0) is 32.9. The molecular formula is C36H31F7N2O. The monoisotopic (exact) mass is 640 g/mol. The van der Waals surface area contributed by atoms with Crippen LogP contribution >= 0.6 is 0 Å². The van der Waals surface area contributed by atoms with Crippen LogP contribution in [0.5, 0.6) is 5.75 Å². The molecule has 10 heteroatoms. The molecule has 6 atom stereocenters. The van der Waals surface area contributed by atoms with Crippen LogP contribution in [0.3, 0.4) is 0 Å². The number of benzene rings is 2. The number of nitrogens with zero attached hydrogens (tertiary/aromatic N) is 2. The predicted molar refractivity (Wildman–Crippen MR) is 163 cm³/mol. The topological polar surface area (TPSA) is 24.8 Å². The van der Waals surface area contributed by atoms with Crippen molar-refractivity contribution in [1.29, 1.82) is 0 Å². The molecule has 7 rings (SSSR count). The molecule has 3 aliphatic carbocycles. The Morgan fingerprint density at radius 1 is 0.826 bits per heavy atom. The number of fused-ring (bicyclic) bond motifs is 2. The summed E-state index contributed by atoms with van der Waals surface area (Å²) in [5, 5.41) is 0. The molecule has 0 saturated carbocycles. The first kappa shape index (κ1) is 30.6. The average molecular weight is 641 g/mol. The van der Waals surface area contributed by atoms with Gasteiger partial charge in [0.05, 0.1) is 34.4 Å². The van der Waals surface area contributed by atoms with Crippen molar-refractivity contribution in [1.82, 2.24) is 0 Å². The van der Waals surface area contributed by atoms with E-state index in [0.717, 1.165) is 30.2 Å². The molecule has 0 radical (unpaired) electrons. The molecule has 0 N–H and O–H groups in total. The van der Waals surface area contributed by atoms with E-state index in [1.165, 1.54) is 0 Å². The number of allylic oxidation sites excluding steroid dienone is 9. The molecule has 240 valence electrons. The SMILES string of the molecule is CC1=C(F)C2=C(N=C3C(F)=C(F)C(F)C(F)C3C2c2c(C)c(C)c(C)c(N3C4=C(C=CCC4)Oc4ccccc43)c2C)C(F)C1F. The van der Waals surface area contributed by atoms with E-state index in [1.807, 2.05) is 55.2 Å². The maximum Gasteiger partial charge on any atom is 0.186 e. The summed E-state index contributed by atoms with van der Waals surface area (Å²) in [5.74, 6) is -7.14. The van der Waals surface area contributed by atoms with Crippen LogP contribution in [0.2, 0.25) is 0 Å². The van der Waals surface area contributed by atoms with Crippen LogP contribution in [0.4, 0.5) is 42.1 Å². The van der Waals surface area contributed by atoms with Crippen LogP contribution in [0.25, 0.3) is 0 Å². The molecule has 2 aliphatic heterocycles. The minimum absolute atomic E-state index is 0.290. The van der Waals surface area contributed by atoms with Gasteiger partial charge in [0.1, 0.15) is 17.8 Å². The molecule has 0 spiro atoms. The lowest BCUT2D eigenvalue weighted by atomic mass is 9.65. The Morgan fingerprint density at radius 3 is 2.28 bits per heavy atom. The van der Waals surface area contributed by atoms with E-state index >= 15 is 26.3 Å². The second-order valence-corrected chi connectivity index (χ2v) is 12.5. The van der Waals surface area contributed by atoms with Crippen LogP contribution in [-0.2, 0) is 0 Å². The first-order valence-electron chi connectivity index (χ1n) is 15.2. The largest absolute Gasteiger partial charge is 0.453 e. The quantitative estimate of drug-likeness (QED) is 0.305. The first-order chi connectivity index (χ1) is 21.9. The lowest BCUT2D eigenvalue weighted by Crippen LogP contribution is -2.46. The number of ether oxygens (including phenoxy) is 1. The summed E-state index contributed by atoms with van der Waals surface area (Å²) in [7, 11) is 0. The Balaban J connectivity index is 1.56. The number of hydrogen-bond acceptors (Lipinski definition) is 3. The fourth-order valence-corrected chi connectivity index (χ4v) is 7.68. The number of anilines is 2. The number of rotatable bonds is 2. The molecule has 2 aromatic rings. The van der Waals surface area contributed by atoms with Crippen LogP contribution < -0.4 is 9.64 Å². The van der Waals surface area contributed by atoms with Gasteiger partial charge in [0.25, 0.3) is 0 Å². The Labute approximate surface area is 262 Å². The highest BCUT2D eigenvalue weighted by atomic mass is 19.2. The Bertz CT molecular complexity index is 1900. The van der Waals surface area contributed by atoms with E-state index in [2.05, 4.69) is 4.99 Å². The van der Waals surface area contributed by atoms with Gasteiger partial charge in [-0.15, -0.1) is 0 Å². The molecule has 46 heavy (non-hydrogen) atoms. The van der Waals surface area contributed by atoms with Gasteiger partial charge in [-0.2, -0.15) is 0 Å². The number of aliphatic imine (C=N–C) groups is 1. The van der Waals surface area contributed by atoms with Gasteiger partial charge in [-0.1, -0.05) is 18.2 Å². The van der Waals surface area contributed by atoms with Crippen molar-refractivity contribution in [2.45, 2.75) is 78.1 Å². The van der Waals surface area contributed by atoms with E-state index in [1.54, 1.807) is 13.8 Å². The third-order valence-corrected chi connectivity index (χ3v) is 10.2. The molecular weight excluding hydrogens is 609 g/mol. The molecule has 2 aromatic carbocycles. The highest BCUT2D eigenvalue weighted by Gasteiger charge is 2.55. The van der Waals surface area contributed by atoms with E-state index in [9.17, 15) is 4.39 Å². The highest BCUT2D eigenvalue weighted by Crippen LogP contribution is 2.57. The molecule has 0 saturated heterocycles. The summed E-state index contributed by atoms with van der Waals surface area (Å²) < 4.78 is 114. The second kappa shape index (κ2) is 10.7. The molecule has 0 aromatic heterocycles. The summed E-state index contributed by atoms with van der Waals surface area (Å²) >= 11 is 0. The standard InChI is InChI=1S/C36H31F7N2O/c1-14-15(2)23(17(4)36(16(14)3)45-19-10-6-8-12-21(19)46-22-13-9-7-11-20(22)45)24-25-27(37)18(5)28(38)32(42)34(25)44-35-26(24)29(39)30(40)31(41)33(35)43/h6,8-10,12-13,24,26,28-30,32H,7,11H2,1-5H3. The smallest absolute Gasteiger partial charge is 0.186 e. The molecule has 0 fully saturated rings. The molecule has 3 nitrogen and oxygen atoms in total. The number of para-hydroxylation sites is 2. The van der Waals surface area contributed by atoms with Crippen molar-refractivity contribution in [3.05, 3.63) is 110 Å². The van der Waals surface area contributed by atoms with Crippen LogP contribution in [-0.4, -0.2) is 30.4 Å². The zero-order valence-electron chi connectivity index (χ0n) is 25.8. The van der Waals surface area contributed by atoms with Crippen molar-refractivity contribution in [2.24, 2.45) is 10.9 Å². The molecule has 0 amide bonds. The third kappa shape index (κ3) is 4.07. The van der Waals surface area contributed by atoms with Gasteiger partial charge in [-0.05, 0) is 93.5 Å². The summed E-state index contributed by atoms with van der Waals surface area (Å²) in [4.78, 5) is 5.85. The summed E-state index contributed by atoms with van der Waals surface area (Å²) in [6.07, 6.45) is -5.41. The summed E-state index contributed by atoms with van der Waals surface area (Å²) in [5.41, 5.74) is 2.43. The van der Waals surface area contributed by atoms with Crippen molar-refractivity contribution in [3.63, 3.8) is 0 Å². The Morgan fingerprint density at radius 2 is 1.54 bits per heavy atom. The van der Waals surface area contributed by atoms with Gasteiger partial charge >= 0.3 is 0 Å². The van der Waals surface area contributed by atoms with Crippen LogP contribution in [0.15, 0.2) is 87.2 Å². The average Bonchev–Trinajstić information content (AvgIpc) is 3.06. The summed E-state index contributed by atoms with van der Waals surface area (Å²) in [6.45, 7) is 8.28. The fourth-order valence-electron chi connectivity index (χ4n) is 7.68. The number of halogens is 7. The normalized spacial score (nSPS) is 29.0. The van der Waals surface area contributed by atoms with Gasteiger partial charge in [0.15, 0.2) is 35.9 Å². The van der Waals surface area contributed by atoms with Crippen molar-refractivity contribution in [2.75, 3.05) is 4.90 Å². The van der Waals surface area contributed by atoms with Crippen LogP contribution in [0.1, 0.15) is 53.5 Å². The first-order valence-corrected chi connectivity index (χ1v) is 15.2. The molecule has 6 unspecified atom stereocenters. The maximum atomic E-state index is 16.3. The lowest BCUT2D eigenvalue weighted by Gasteiger charge is -2.44. The van der Waals surface area contributed by atoms with E-state index in [-0.39, 0.29) is 5.56 Å². The Hall–Kier alpha value is -4.08. The number of hydrogen-bond donors (Lipinski definition) is 0. The van der Waals surface area contributed by atoms with Gasteiger partial charge in [0.2, 0.25) is 0 Å². The van der Waals surface area contributed by atoms with Crippen molar-refractivity contribution < 1.29 is 35.5 Å². The van der Waals surface area contributed by atoms with Gasteiger partial charge in [-0.3, -0.25) is 4.99 Å². The van der Waals surface area contributed by atoms with Gasteiger partial charge in [-0.25, -0.2) is 30.7 Å². The number of alkyl halides is 4. The summed E-state index contributed by atoms with van der Waals surface area (Å²) in [6, 6.07) is 7.40. The van der Waals surface area contributed by atoms with E-state index in [0.29, 0.717) is 40.4 Å². The fraction of sp³-hybridized carbons (Fsp3) is 0.361. The molecule has 0 bridgehead atoms. The molecule has 5 aliphatic rings.